The Morgan fingerprint density at radius 3 is 0.568 bits per heavy atom. The van der Waals surface area contributed by atoms with Crippen molar-refractivity contribution in [2.75, 3.05) is 19.6 Å². The van der Waals surface area contributed by atoms with Crippen LogP contribution in [0.3, 0.4) is 0 Å². The second-order valence-electron chi connectivity index (χ2n) is 17.9. The Hall–Kier alpha value is -10.1. The highest BCUT2D eigenvalue weighted by Crippen LogP contribution is 2.45. The molecule has 0 N–H and O–H groups in total. The number of fused-ring (bicyclic) bond motifs is 1. The van der Waals surface area contributed by atoms with E-state index in [9.17, 15) is 0 Å². The highest BCUT2D eigenvalue weighted by molar-refractivity contribution is 5.89. The summed E-state index contributed by atoms with van der Waals surface area (Å²) in [6.07, 6.45) is 0. The van der Waals surface area contributed by atoms with Crippen LogP contribution in [0.5, 0.6) is 0 Å². The van der Waals surface area contributed by atoms with Gasteiger partial charge in [-0.1, -0.05) is 158 Å². The number of benzene rings is 11. The molecule has 0 unspecified atom stereocenters. The second kappa shape index (κ2) is 20.3. The number of hydrogen-bond acceptors (Lipinski definition) is 5. The predicted octanol–water partition coefficient (Wildman–Crippen LogP) is 17.7. The maximum atomic E-state index is 16.2. The van der Waals surface area contributed by atoms with Crippen LogP contribution in [-0.4, -0.2) is 9.13 Å². The number of rotatable bonds is 14. The molecule has 0 atom stereocenters. The standard InChI is InChI=1S/C67H50N6O/c74-67-72(63-47-59(68(51-27-9-1-10-28-51)52-29-11-2-12-30-52)45-60(48-63)69(53-31-13-3-14-32-53)54-33-15-4-16-34-54)65-43-25-26-44-66(65)73(67)64-49-61(70(55-35-17-5-18-36-55)56-37-19-6-20-38-56)46-62(50-64)71(57-39-21-7-22-40-57)58-41-23-8-24-42-58/h1-50H. The summed E-state index contributed by atoms with van der Waals surface area (Å²) >= 11 is 0. The quantitative estimate of drug-likeness (QED) is 0.109. The molecular weight excluding hydrogens is 905 g/mol. The van der Waals surface area contributed by atoms with E-state index in [0.717, 1.165) is 79.3 Å². The van der Waals surface area contributed by atoms with Crippen LogP contribution >= 0.6 is 0 Å². The van der Waals surface area contributed by atoms with Crippen LogP contribution < -0.4 is 25.3 Å². The molecule has 0 aliphatic heterocycles. The van der Waals surface area contributed by atoms with E-state index in [0.29, 0.717) is 11.4 Å². The highest BCUT2D eigenvalue weighted by Gasteiger charge is 2.25. The molecule has 0 fully saturated rings. The van der Waals surface area contributed by atoms with Crippen LogP contribution in [0.1, 0.15) is 0 Å². The first-order valence-electron chi connectivity index (χ1n) is 24.8. The zero-order chi connectivity index (χ0) is 49.6. The lowest BCUT2D eigenvalue weighted by Crippen LogP contribution is -2.23. The summed E-state index contributed by atoms with van der Waals surface area (Å²) in [6, 6.07) is 104. The molecule has 7 nitrogen and oxygen atoms in total. The van der Waals surface area contributed by atoms with Crippen molar-refractivity contribution in [3.05, 3.63) is 314 Å². The molecule has 0 aliphatic rings. The topological polar surface area (TPSA) is 39.9 Å². The largest absolute Gasteiger partial charge is 0.338 e. The zero-order valence-electron chi connectivity index (χ0n) is 40.5. The van der Waals surface area contributed by atoms with Crippen LogP contribution in [0.25, 0.3) is 22.4 Å². The minimum Gasteiger partial charge on any atom is -0.310 e. The smallest absolute Gasteiger partial charge is 0.310 e. The van der Waals surface area contributed by atoms with Crippen LogP contribution in [-0.2, 0) is 0 Å². The normalized spacial score (nSPS) is 11.0. The molecular formula is C67H50N6O. The summed E-state index contributed by atoms with van der Waals surface area (Å²) in [5, 5.41) is 0. The van der Waals surface area contributed by atoms with Gasteiger partial charge in [0.25, 0.3) is 0 Å². The predicted molar refractivity (Wildman–Crippen MR) is 308 cm³/mol. The van der Waals surface area contributed by atoms with E-state index in [1.54, 1.807) is 0 Å². The fourth-order valence-electron chi connectivity index (χ4n) is 9.99. The van der Waals surface area contributed by atoms with Crippen molar-refractivity contribution < 1.29 is 0 Å². The number of nitrogens with zero attached hydrogens (tertiary/aromatic N) is 6. The minimum atomic E-state index is -0.216. The average molecular weight is 955 g/mol. The van der Waals surface area contributed by atoms with Gasteiger partial charge in [-0.15, -0.1) is 0 Å². The lowest BCUT2D eigenvalue weighted by molar-refractivity contribution is 0.929. The van der Waals surface area contributed by atoms with Crippen LogP contribution in [0, 0.1) is 0 Å². The first-order chi connectivity index (χ1) is 36.7. The van der Waals surface area contributed by atoms with Crippen LogP contribution in [0.15, 0.2) is 308 Å². The summed E-state index contributed by atoms with van der Waals surface area (Å²) < 4.78 is 3.74. The second-order valence-corrected chi connectivity index (χ2v) is 17.9. The highest BCUT2D eigenvalue weighted by atomic mass is 16.1. The van der Waals surface area contributed by atoms with Crippen LogP contribution in [0.4, 0.5) is 68.2 Å². The van der Waals surface area contributed by atoms with Crippen LogP contribution in [0.2, 0.25) is 0 Å². The SMILES string of the molecule is O=c1n(-c2cc(N(c3ccccc3)c3ccccc3)cc(N(c3ccccc3)c3ccccc3)c2)c2ccccc2n1-c1cc(N(c2ccccc2)c2ccccc2)cc(N(c2ccccc2)c2ccccc2)c1. The van der Waals surface area contributed by atoms with Gasteiger partial charge < -0.3 is 19.6 Å². The first kappa shape index (κ1) is 45.1. The molecule has 74 heavy (non-hydrogen) atoms. The van der Waals surface area contributed by atoms with Crippen molar-refractivity contribution in [1.82, 2.24) is 9.13 Å². The molecule has 0 saturated heterocycles. The number of imidazole rings is 1. The maximum absolute atomic E-state index is 16.2. The maximum Gasteiger partial charge on any atom is 0.338 e. The van der Waals surface area contributed by atoms with Gasteiger partial charge in [-0.05, 0) is 146 Å². The third-order valence-electron chi connectivity index (χ3n) is 13.2. The number of aromatic nitrogens is 2. The van der Waals surface area contributed by atoms with Gasteiger partial charge in [-0.3, -0.25) is 9.13 Å². The van der Waals surface area contributed by atoms with Crippen molar-refractivity contribution in [2.45, 2.75) is 0 Å². The van der Waals surface area contributed by atoms with E-state index in [4.69, 9.17) is 0 Å². The van der Waals surface area contributed by atoms with E-state index >= 15 is 4.79 Å². The van der Waals surface area contributed by atoms with E-state index < -0.39 is 0 Å². The Morgan fingerprint density at radius 1 is 0.203 bits per heavy atom. The van der Waals surface area contributed by atoms with Crippen molar-refractivity contribution in [3.8, 4) is 11.4 Å². The first-order valence-corrected chi connectivity index (χ1v) is 24.8. The van der Waals surface area contributed by atoms with Crippen molar-refractivity contribution >= 4 is 79.3 Å². The Labute approximate surface area is 431 Å². The van der Waals surface area contributed by atoms with Gasteiger partial charge in [-0.25, -0.2) is 4.79 Å². The van der Waals surface area contributed by atoms with Gasteiger partial charge in [0.2, 0.25) is 0 Å². The zero-order valence-corrected chi connectivity index (χ0v) is 40.5. The van der Waals surface area contributed by atoms with Gasteiger partial charge in [-0.2, -0.15) is 0 Å². The third kappa shape index (κ3) is 8.86. The summed E-state index contributed by atoms with van der Waals surface area (Å²) in [7, 11) is 0. The van der Waals surface area contributed by atoms with Gasteiger partial charge in [0.1, 0.15) is 0 Å². The molecule has 354 valence electrons. The van der Waals surface area contributed by atoms with E-state index in [1.807, 2.05) is 81.9 Å². The molecule has 0 spiro atoms. The van der Waals surface area contributed by atoms with Crippen molar-refractivity contribution in [2.24, 2.45) is 0 Å². The fraction of sp³-hybridized carbons (Fsp3) is 0. The summed E-state index contributed by atoms with van der Waals surface area (Å²) in [4.78, 5) is 25.3. The van der Waals surface area contributed by atoms with E-state index in [-0.39, 0.29) is 5.69 Å². The fourth-order valence-corrected chi connectivity index (χ4v) is 9.99. The van der Waals surface area contributed by atoms with Crippen molar-refractivity contribution in [3.63, 3.8) is 0 Å². The lowest BCUT2D eigenvalue weighted by atomic mass is 10.1. The minimum absolute atomic E-state index is 0.216. The van der Waals surface area contributed by atoms with E-state index in [1.165, 1.54) is 0 Å². The number of anilines is 12. The Balaban J connectivity index is 1.14. The number of hydrogen-bond donors (Lipinski definition) is 0. The Morgan fingerprint density at radius 2 is 0.378 bits per heavy atom. The number of para-hydroxylation sites is 10. The molecule has 0 amide bonds. The summed E-state index contributed by atoms with van der Waals surface area (Å²) in [5.74, 6) is 0. The van der Waals surface area contributed by atoms with Gasteiger partial charge >= 0.3 is 5.69 Å². The molecule has 0 aliphatic carbocycles. The van der Waals surface area contributed by atoms with Gasteiger partial charge in [0.15, 0.2) is 0 Å². The molecule has 11 aromatic carbocycles. The molecule has 1 aromatic heterocycles. The molecule has 0 radical (unpaired) electrons. The molecule has 12 aromatic rings. The summed E-state index contributed by atoms with van der Waals surface area (Å²) in [6.45, 7) is 0. The average Bonchev–Trinajstić information content (AvgIpc) is 3.77. The van der Waals surface area contributed by atoms with Gasteiger partial charge in [0.05, 0.1) is 45.2 Å². The Kier molecular flexibility index (Phi) is 12.4. The molecule has 12 rings (SSSR count). The summed E-state index contributed by atoms with van der Waals surface area (Å²) in [5.41, 5.74) is 14.1. The third-order valence-corrected chi connectivity index (χ3v) is 13.2. The molecule has 0 bridgehead atoms. The van der Waals surface area contributed by atoms with E-state index in [2.05, 4.69) is 250 Å². The lowest BCUT2D eigenvalue weighted by Gasteiger charge is -2.30. The van der Waals surface area contributed by atoms with Gasteiger partial charge in [0, 0.05) is 45.5 Å². The van der Waals surface area contributed by atoms with Crippen molar-refractivity contribution in [1.29, 1.82) is 0 Å². The molecule has 7 heteroatoms. The monoisotopic (exact) mass is 954 g/mol. The molecule has 1 heterocycles. The Bertz CT molecular complexity index is 3240. The molecule has 0 saturated carbocycles.